The molecule has 2 aromatic heterocycles. The first-order valence-corrected chi connectivity index (χ1v) is 12.8. The van der Waals surface area contributed by atoms with Gasteiger partial charge in [0.1, 0.15) is 29.7 Å². The summed E-state index contributed by atoms with van der Waals surface area (Å²) in [6.45, 7) is 2.35. The minimum Gasteiger partial charge on any atom is -0.489 e. The number of hydrogen-bond donors (Lipinski definition) is 2. The molecule has 7 nitrogen and oxygen atoms in total. The van der Waals surface area contributed by atoms with Crippen LogP contribution in [0.25, 0.3) is 16.8 Å². The number of benzene rings is 3. The van der Waals surface area contributed by atoms with Crippen molar-refractivity contribution in [2.75, 3.05) is 0 Å². The summed E-state index contributed by atoms with van der Waals surface area (Å²) in [6.07, 6.45) is 3.60. The van der Waals surface area contributed by atoms with E-state index in [0.29, 0.717) is 23.0 Å². The van der Waals surface area contributed by atoms with Gasteiger partial charge in [0.15, 0.2) is 0 Å². The molecule has 0 bridgehead atoms. The molecule has 8 heteroatoms. The largest absolute Gasteiger partial charge is 0.489 e. The number of halogens is 1. The molecular formula is C31H26ClN3O4. The van der Waals surface area contributed by atoms with Crippen molar-refractivity contribution in [2.24, 2.45) is 0 Å². The lowest BCUT2D eigenvalue weighted by Gasteiger charge is -2.14. The topological polar surface area (TPSA) is 92.9 Å². The summed E-state index contributed by atoms with van der Waals surface area (Å²) in [5, 5.41) is 13.1. The predicted molar refractivity (Wildman–Crippen MR) is 150 cm³/mol. The summed E-state index contributed by atoms with van der Waals surface area (Å²) >= 11 is 6.01. The Morgan fingerprint density at radius 1 is 0.949 bits per heavy atom. The molecule has 0 radical (unpaired) electrons. The zero-order chi connectivity index (χ0) is 27.4. The van der Waals surface area contributed by atoms with Crippen molar-refractivity contribution in [3.63, 3.8) is 0 Å². The number of carbonyl (C=O) groups is 2. The predicted octanol–water partition coefficient (Wildman–Crippen LogP) is 5.97. The highest BCUT2D eigenvalue weighted by Gasteiger charge is 2.23. The Balaban J connectivity index is 1.27. The van der Waals surface area contributed by atoms with Crippen LogP contribution in [0.3, 0.4) is 0 Å². The fourth-order valence-electron chi connectivity index (χ4n) is 4.31. The molecule has 0 aliphatic rings. The first kappa shape index (κ1) is 26.0. The van der Waals surface area contributed by atoms with Crippen LogP contribution in [-0.4, -0.2) is 32.4 Å². The number of nitrogens with zero attached hydrogens (tertiary/aromatic N) is 2. The molecule has 0 spiro atoms. The smallest absolute Gasteiger partial charge is 0.326 e. The highest BCUT2D eigenvalue weighted by Crippen LogP contribution is 2.24. The van der Waals surface area contributed by atoms with Crippen molar-refractivity contribution in [3.05, 3.63) is 125 Å². The maximum absolute atomic E-state index is 13.0. The number of carbonyl (C=O) groups excluding carboxylic acids is 1. The lowest BCUT2D eigenvalue weighted by Crippen LogP contribution is -2.42. The molecule has 0 aliphatic carbocycles. The molecular weight excluding hydrogens is 514 g/mol. The van der Waals surface area contributed by atoms with Crippen molar-refractivity contribution in [1.29, 1.82) is 0 Å². The minimum atomic E-state index is -1.13. The third-order valence-corrected chi connectivity index (χ3v) is 6.61. The van der Waals surface area contributed by atoms with Crippen molar-refractivity contribution in [3.8, 4) is 16.9 Å². The first-order chi connectivity index (χ1) is 18.9. The molecule has 0 saturated carbocycles. The molecule has 5 rings (SSSR count). The van der Waals surface area contributed by atoms with Gasteiger partial charge in [-0.3, -0.25) is 4.79 Å². The van der Waals surface area contributed by atoms with E-state index in [9.17, 15) is 14.7 Å². The summed E-state index contributed by atoms with van der Waals surface area (Å²) in [5.74, 6) is -1.00. The number of carboxylic acid groups (broad SMARTS) is 1. The second kappa shape index (κ2) is 11.4. The van der Waals surface area contributed by atoms with Crippen molar-refractivity contribution < 1.29 is 19.4 Å². The molecule has 0 aliphatic heterocycles. The average molecular weight is 540 g/mol. The summed E-state index contributed by atoms with van der Waals surface area (Å²) in [7, 11) is 0. The lowest BCUT2D eigenvalue weighted by molar-refractivity contribution is -0.139. The number of aliphatic carboxylic acids is 1. The molecule has 3 aromatic carbocycles. The van der Waals surface area contributed by atoms with Crippen LogP contribution in [0.2, 0.25) is 5.02 Å². The van der Waals surface area contributed by atoms with E-state index in [1.165, 1.54) is 0 Å². The zero-order valence-electron chi connectivity index (χ0n) is 21.2. The number of hydrogen-bond acceptors (Lipinski definition) is 4. The first-order valence-electron chi connectivity index (χ1n) is 12.4. The number of imidazole rings is 1. The molecule has 1 amide bonds. The van der Waals surface area contributed by atoms with E-state index in [2.05, 4.69) is 10.3 Å². The standard InChI is InChI=1S/C31H26ClN3O4/c1-20-15-24(23-9-11-25(32)12-10-23)17-35-18-28(33-29(20)35)30(36)34-27(31(37)38)16-21-7-13-26(14-8-21)39-19-22-5-3-2-4-6-22/h2-15,17-18,27H,16,19H2,1H3,(H,34,36)(H,37,38)/t27-/m0/s1. The van der Waals surface area contributed by atoms with Crippen molar-refractivity contribution in [2.45, 2.75) is 26.0 Å². The van der Waals surface area contributed by atoms with Crippen molar-refractivity contribution in [1.82, 2.24) is 14.7 Å². The Morgan fingerprint density at radius 3 is 2.36 bits per heavy atom. The Labute approximate surface area is 230 Å². The van der Waals surface area contributed by atoms with Gasteiger partial charge >= 0.3 is 5.97 Å². The third kappa shape index (κ3) is 6.27. The summed E-state index contributed by atoms with van der Waals surface area (Å²) in [4.78, 5) is 29.4. The van der Waals surface area contributed by atoms with Gasteiger partial charge < -0.3 is 19.6 Å². The van der Waals surface area contributed by atoms with Gasteiger partial charge in [-0.1, -0.05) is 66.2 Å². The number of carboxylic acids is 1. The summed E-state index contributed by atoms with van der Waals surface area (Å²) in [5.41, 5.74) is 5.38. The normalized spacial score (nSPS) is 11.7. The Kier molecular flexibility index (Phi) is 7.61. The van der Waals surface area contributed by atoms with Gasteiger partial charge in [0.2, 0.25) is 0 Å². The number of aryl methyl sites for hydroxylation is 1. The lowest BCUT2D eigenvalue weighted by atomic mass is 10.1. The van der Waals surface area contributed by atoms with E-state index in [1.807, 2.05) is 73.8 Å². The molecule has 2 heterocycles. The van der Waals surface area contributed by atoms with Gasteiger partial charge in [-0.05, 0) is 65.1 Å². The number of nitrogens with one attached hydrogen (secondary N) is 1. The van der Waals surface area contributed by atoms with Gasteiger partial charge in [0, 0.05) is 23.8 Å². The molecule has 39 heavy (non-hydrogen) atoms. The minimum absolute atomic E-state index is 0.118. The number of pyridine rings is 1. The number of ether oxygens (including phenoxy) is 1. The Bertz CT molecular complexity index is 1610. The molecule has 1 atom stereocenters. The number of rotatable bonds is 9. The van der Waals surface area contributed by atoms with Gasteiger partial charge in [0.25, 0.3) is 5.91 Å². The highest BCUT2D eigenvalue weighted by molar-refractivity contribution is 6.30. The molecule has 0 saturated heterocycles. The third-order valence-electron chi connectivity index (χ3n) is 6.36. The van der Waals surface area contributed by atoms with Crippen LogP contribution in [0, 0.1) is 6.92 Å². The Morgan fingerprint density at radius 2 is 1.67 bits per heavy atom. The van der Waals surface area contributed by atoms with Gasteiger partial charge in [-0.15, -0.1) is 0 Å². The maximum atomic E-state index is 13.0. The quantitative estimate of drug-likeness (QED) is 0.241. The van der Waals surface area contributed by atoms with Crippen LogP contribution in [0.1, 0.15) is 27.2 Å². The average Bonchev–Trinajstić information content (AvgIpc) is 3.38. The van der Waals surface area contributed by atoms with Crippen LogP contribution in [-0.2, 0) is 17.8 Å². The van der Waals surface area contributed by atoms with Crippen LogP contribution in [0.4, 0.5) is 0 Å². The van der Waals surface area contributed by atoms with Gasteiger partial charge in [0.05, 0.1) is 0 Å². The van der Waals surface area contributed by atoms with Crippen LogP contribution in [0.5, 0.6) is 5.75 Å². The number of fused-ring (bicyclic) bond motifs is 1. The van der Waals surface area contributed by atoms with E-state index >= 15 is 0 Å². The van der Waals surface area contributed by atoms with Gasteiger partial charge in [-0.2, -0.15) is 0 Å². The van der Waals surface area contributed by atoms with E-state index in [1.54, 1.807) is 34.9 Å². The van der Waals surface area contributed by atoms with E-state index in [-0.39, 0.29) is 12.1 Å². The van der Waals surface area contributed by atoms with E-state index in [0.717, 1.165) is 27.8 Å². The second-order valence-electron chi connectivity index (χ2n) is 9.26. The van der Waals surface area contributed by atoms with E-state index < -0.39 is 17.9 Å². The van der Waals surface area contributed by atoms with Crippen LogP contribution in [0.15, 0.2) is 97.3 Å². The Hall–Kier alpha value is -4.62. The maximum Gasteiger partial charge on any atom is 0.326 e. The highest BCUT2D eigenvalue weighted by atomic mass is 35.5. The monoisotopic (exact) mass is 539 g/mol. The molecule has 5 aromatic rings. The zero-order valence-corrected chi connectivity index (χ0v) is 21.9. The van der Waals surface area contributed by atoms with E-state index in [4.69, 9.17) is 16.3 Å². The van der Waals surface area contributed by atoms with Crippen molar-refractivity contribution >= 4 is 29.1 Å². The summed E-state index contributed by atoms with van der Waals surface area (Å²) in [6, 6.07) is 25.4. The SMILES string of the molecule is Cc1cc(-c2ccc(Cl)cc2)cn2cc(C(=O)N[C@@H](Cc3ccc(OCc4ccccc4)cc3)C(=O)O)nc12. The molecule has 0 unspecified atom stereocenters. The van der Waals surface area contributed by atoms with Gasteiger partial charge in [-0.25, -0.2) is 9.78 Å². The molecule has 196 valence electrons. The van der Waals surface area contributed by atoms with Crippen LogP contribution >= 0.6 is 11.6 Å². The fourth-order valence-corrected chi connectivity index (χ4v) is 4.43. The molecule has 0 fully saturated rings. The molecule has 2 N–H and O–H groups in total. The summed E-state index contributed by atoms with van der Waals surface area (Å²) < 4.78 is 7.58. The number of amides is 1. The fraction of sp³-hybridized carbons (Fsp3) is 0.129. The van der Waals surface area contributed by atoms with Crippen LogP contribution < -0.4 is 10.1 Å². The second-order valence-corrected chi connectivity index (χ2v) is 9.70. The number of aromatic nitrogens is 2.